The van der Waals surface area contributed by atoms with Crippen molar-refractivity contribution in [2.75, 3.05) is 6.61 Å². The van der Waals surface area contributed by atoms with E-state index in [1.54, 1.807) is 28.9 Å². The Bertz CT molecular complexity index is 2220. The van der Waals surface area contributed by atoms with E-state index in [2.05, 4.69) is 20.9 Å². The fraction of sp³-hybridized carbons (Fsp3) is 0.0909. The molecule has 0 unspecified atom stereocenters. The smallest absolute Gasteiger partial charge is 0.338 e. The van der Waals surface area contributed by atoms with Crippen LogP contribution in [0, 0.1) is 0 Å². The Hall–Kier alpha value is -4.03. The average molecular weight is 701 g/mol. The summed E-state index contributed by atoms with van der Waals surface area (Å²) < 4.78 is 16.5. The standard InChI is InChI=1S/C33H22BrN3O4S3/c1-2-40-31(39)27-28(19-9-4-3-5-10-19)36-32-37(29(27)20-11-8-12-21(34)17-20)30(38)25(42-32)18-22-15-16-26(41-22)44-33-35-23-13-6-7-14-24(23)43-33/h3-18,29H,2H2,1H3/b25-18-/t29-/m1/s1. The Morgan fingerprint density at radius 1 is 1.05 bits per heavy atom. The lowest BCUT2D eigenvalue weighted by Crippen LogP contribution is -2.40. The highest BCUT2D eigenvalue weighted by atomic mass is 79.9. The fourth-order valence-electron chi connectivity index (χ4n) is 5.01. The van der Waals surface area contributed by atoms with Crippen molar-refractivity contribution >= 4 is 78.3 Å². The Kier molecular flexibility index (Phi) is 7.94. The van der Waals surface area contributed by atoms with Crippen molar-refractivity contribution in [3.05, 3.63) is 138 Å². The van der Waals surface area contributed by atoms with Gasteiger partial charge in [0, 0.05) is 16.1 Å². The zero-order chi connectivity index (χ0) is 30.2. The summed E-state index contributed by atoms with van der Waals surface area (Å²) in [6.45, 7) is 1.95. The molecule has 0 radical (unpaired) electrons. The van der Waals surface area contributed by atoms with Crippen LogP contribution in [0.25, 0.3) is 22.0 Å². The lowest BCUT2D eigenvalue weighted by atomic mass is 9.93. The number of carbonyl (C=O) groups is 1. The molecule has 3 aromatic heterocycles. The Labute approximate surface area is 272 Å². The predicted octanol–water partition coefficient (Wildman–Crippen LogP) is 7.05. The highest BCUT2D eigenvalue weighted by molar-refractivity contribution is 9.10. The minimum absolute atomic E-state index is 0.190. The summed E-state index contributed by atoms with van der Waals surface area (Å²) in [6.07, 6.45) is 1.72. The summed E-state index contributed by atoms with van der Waals surface area (Å²) in [5, 5.41) is 0.672. The minimum Gasteiger partial charge on any atom is -0.463 e. The van der Waals surface area contributed by atoms with Gasteiger partial charge in [0.15, 0.2) is 14.2 Å². The first-order chi connectivity index (χ1) is 21.5. The second-order valence-electron chi connectivity index (χ2n) is 9.69. The highest BCUT2D eigenvalue weighted by Gasteiger charge is 2.35. The van der Waals surface area contributed by atoms with E-state index in [-0.39, 0.29) is 12.2 Å². The van der Waals surface area contributed by atoms with Crippen molar-refractivity contribution in [1.82, 2.24) is 9.55 Å². The quantitative estimate of drug-likeness (QED) is 0.166. The number of aromatic nitrogens is 2. The van der Waals surface area contributed by atoms with Gasteiger partial charge in [0.2, 0.25) is 0 Å². The van der Waals surface area contributed by atoms with Crippen LogP contribution < -0.4 is 14.9 Å². The van der Waals surface area contributed by atoms with Crippen LogP contribution in [0.4, 0.5) is 0 Å². The maximum atomic E-state index is 14.1. The summed E-state index contributed by atoms with van der Waals surface area (Å²) in [5.41, 5.74) is 2.98. The number of esters is 1. The average Bonchev–Trinajstić information content (AvgIpc) is 3.74. The third-order valence-electron chi connectivity index (χ3n) is 6.88. The van der Waals surface area contributed by atoms with Crippen LogP contribution >= 0.6 is 50.4 Å². The Morgan fingerprint density at radius 3 is 2.66 bits per heavy atom. The first-order valence-electron chi connectivity index (χ1n) is 13.7. The molecule has 0 aliphatic carbocycles. The van der Waals surface area contributed by atoms with Crippen molar-refractivity contribution < 1.29 is 13.9 Å². The lowest BCUT2D eigenvalue weighted by Gasteiger charge is -2.26. The van der Waals surface area contributed by atoms with Gasteiger partial charge in [0.05, 0.1) is 38.7 Å². The number of hydrogen-bond donors (Lipinski definition) is 0. The van der Waals surface area contributed by atoms with Crippen molar-refractivity contribution in [3.63, 3.8) is 0 Å². The zero-order valence-electron chi connectivity index (χ0n) is 23.1. The molecule has 11 heteroatoms. The number of furan rings is 1. The van der Waals surface area contributed by atoms with Crippen molar-refractivity contribution in [2.24, 2.45) is 4.99 Å². The molecule has 0 saturated carbocycles. The third-order valence-corrected chi connectivity index (χ3v) is 10.4. The van der Waals surface area contributed by atoms with Crippen molar-refractivity contribution in [2.45, 2.75) is 22.4 Å². The topological polar surface area (TPSA) is 86.7 Å². The zero-order valence-corrected chi connectivity index (χ0v) is 27.1. The molecule has 6 aromatic rings. The molecule has 7 nitrogen and oxygen atoms in total. The van der Waals surface area contributed by atoms with E-state index in [1.165, 1.54) is 23.1 Å². The summed E-state index contributed by atoms with van der Waals surface area (Å²) in [6, 6.07) is 28.0. The summed E-state index contributed by atoms with van der Waals surface area (Å²) in [7, 11) is 0. The van der Waals surface area contributed by atoms with Gasteiger partial charge in [0.25, 0.3) is 5.56 Å². The fourth-order valence-corrected chi connectivity index (χ4v) is 8.38. The van der Waals surface area contributed by atoms with Crippen LogP contribution in [0.5, 0.6) is 0 Å². The minimum atomic E-state index is -0.748. The van der Waals surface area contributed by atoms with Crippen molar-refractivity contribution in [3.8, 4) is 0 Å². The van der Waals surface area contributed by atoms with E-state index in [1.807, 2.05) is 91.0 Å². The molecule has 0 fully saturated rings. The highest BCUT2D eigenvalue weighted by Crippen LogP contribution is 2.37. The van der Waals surface area contributed by atoms with E-state index in [0.717, 1.165) is 30.2 Å². The number of carbonyl (C=O) groups excluding carboxylic acids is 1. The van der Waals surface area contributed by atoms with Gasteiger partial charge < -0.3 is 9.15 Å². The largest absolute Gasteiger partial charge is 0.463 e. The molecule has 1 aliphatic heterocycles. The van der Waals surface area contributed by atoms with Crippen LogP contribution in [0.15, 0.2) is 125 Å². The molecule has 44 heavy (non-hydrogen) atoms. The molecule has 3 aromatic carbocycles. The van der Waals surface area contributed by atoms with Gasteiger partial charge in [-0.05, 0) is 60.6 Å². The van der Waals surface area contributed by atoms with E-state index in [0.29, 0.717) is 31.5 Å². The third kappa shape index (κ3) is 5.52. The summed E-state index contributed by atoms with van der Waals surface area (Å²) in [4.78, 5) is 37.7. The van der Waals surface area contributed by atoms with Gasteiger partial charge in [-0.15, -0.1) is 11.3 Å². The molecule has 7 rings (SSSR count). The number of para-hydroxylation sites is 1. The molecule has 4 heterocycles. The normalized spacial score (nSPS) is 15.0. The number of hydrogen-bond acceptors (Lipinski definition) is 9. The lowest BCUT2D eigenvalue weighted by molar-refractivity contribution is -0.138. The van der Waals surface area contributed by atoms with Gasteiger partial charge in [-0.3, -0.25) is 9.36 Å². The number of nitrogens with zero attached hydrogens (tertiary/aromatic N) is 3. The first kappa shape index (κ1) is 28.7. The SMILES string of the molecule is CCOC(=O)C1=C(c2ccccc2)N=c2s/c(=C\c3ccc(Sc4nc5ccccc5s4)o3)c(=O)n2[C@@H]1c1cccc(Br)c1. The van der Waals surface area contributed by atoms with Crippen LogP contribution in [0.2, 0.25) is 0 Å². The number of rotatable bonds is 7. The molecule has 218 valence electrons. The number of thiazole rings is 2. The molecule has 1 aliphatic rings. The molecule has 0 bridgehead atoms. The van der Waals surface area contributed by atoms with Crippen LogP contribution in [-0.2, 0) is 9.53 Å². The molecule has 1 atom stereocenters. The van der Waals surface area contributed by atoms with E-state index >= 15 is 0 Å². The van der Waals surface area contributed by atoms with Crippen molar-refractivity contribution in [1.29, 1.82) is 0 Å². The van der Waals surface area contributed by atoms with Gasteiger partial charge in [0.1, 0.15) is 5.76 Å². The second kappa shape index (κ2) is 12.2. The van der Waals surface area contributed by atoms with Gasteiger partial charge in [-0.2, -0.15) is 0 Å². The maximum absolute atomic E-state index is 14.1. The number of halogens is 1. The number of benzene rings is 3. The second-order valence-corrected chi connectivity index (χ2v) is 13.9. The summed E-state index contributed by atoms with van der Waals surface area (Å²) in [5.74, 6) is 0.0164. The maximum Gasteiger partial charge on any atom is 0.338 e. The number of fused-ring (bicyclic) bond motifs is 2. The number of ether oxygens (including phenoxy) is 1. The van der Waals surface area contributed by atoms with Crippen LogP contribution in [-0.4, -0.2) is 22.1 Å². The summed E-state index contributed by atoms with van der Waals surface area (Å²) >= 11 is 7.85. The van der Waals surface area contributed by atoms with Crippen LogP contribution in [0.3, 0.4) is 0 Å². The Morgan fingerprint density at radius 2 is 1.86 bits per heavy atom. The van der Waals surface area contributed by atoms with Gasteiger partial charge in [-0.1, -0.05) is 81.9 Å². The predicted molar refractivity (Wildman–Crippen MR) is 178 cm³/mol. The molecule has 0 saturated heterocycles. The van der Waals surface area contributed by atoms with Gasteiger partial charge in [-0.25, -0.2) is 14.8 Å². The van der Waals surface area contributed by atoms with E-state index < -0.39 is 12.0 Å². The monoisotopic (exact) mass is 699 g/mol. The molecule has 0 amide bonds. The molecule has 0 N–H and O–H groups in total. The molecule has 0 spiro atoms. The van der Waals surface area contributed by atoms with E-state index in [4.69, 9.17) is 14.1 Å². The molecular formula is C33H22BrN3O4S3. The Balaban J connectivity index is 1.35. The van der Waals surface area contributed by atoms with Gasteiger partial charge >= 0.3 is 5.97 Å². The van der Waals surface area contributed by atoms with E-state index in [9.17, 15) is 9.59 Å². The first-order valence-corrected chi connectivity index (χ1v) is 16.9. The van der Waals surface area contributed by atoms with Crippen LogP contribution in [0.1, 0.15) is 29.9 Å². The molecular weight excluding hydrogens is 678 g/mol.